The highest BCUT2D eigenvalue weighted by Crippen LogP contribution is 2.24. The highest BCUT2D eigenvalue weighted by atomic mass is 19.1. The van der Waals surface area contributed by atoms with Gasteiger partial charge in [-0.2, -0.15) is 0 Å². The molecule has 0 saturated carbocycles. The van der Waals surface area contributed by atoms with Crippen molar-refractivity contribution in [3.05, 3.63) is 59.4 Å². The number of hydrogen-bond acceptors (Lipinski definition) is 2. The first kappa shape index (κ1) is 14.1. The summed E-state index contributed by atoms with van der Waals surface area (Å²) < 4.78 is 13.6. The van der Waals surface area contributed by atoms with Crippen LogP contribution in [0.15, 0.2) is 42.5 Å². The lowest BCUT2D eigenvalue weighted by atomic mass is 10.0. The van der Waals surface area contributed by atoms with Crippen molar-refractivity contribution in [3.8, 4) is 0 Å². The smallest absolute Gasteiger partial charge is 0.340 e. The van der Waals surface area contributed by atoms with E-state index in [9.17, 15) is 9.18 Å². The molecule has 0 heterocycles. The Kier molecular flexibility index (Phi) is 4.03. The van der Waals surface area contributed by atoms with Crippen molar-refractivity contribution in [1.29, 1.82) is 0 Å². The molecule has 0 aliphatic heterocycles. The number of benzene rings is 2. The third-order valence-corrected chi connectivity index (χ3v) is 3.08. The third kappa shape index (κ3) is 2.96. The van der Waals surface area contributed by atoms with Gasteiger partial charge in [0.25, 0.3) is 0 Å². The lowest BCUT2D eigenvalue weighted by Gasteiger charge is -2.11. The lowest BCUT2D eigenvalue weighted by Crippen LogP contribution is -2.05. The third-order valence-electron chi connectivity index (χ3n) is 3.08. The van der Waals surface area contributed by atoms with Crippen LogP contribution in [0.4, 0.5) is 15.8 Å². The van der Waals surface area contributed by atoms with Gasteiger partial charge in [-0.05, 0) is 35.7 Å². The highest BCUT2D eigenvalue weighted by molar-refractivity contribution is 5.95. The van der Waals surface area contributed by atoms with Crippen molar-refractivity contribution < 1.29 is 14.3 Å². The van der Waals surface area contributed by atoms with Crippen LogP contribution < -0.4 is 5.32 Å². The Bertz CT molecular complexity index is 621. The molecule has 2 aromatic carbocycles. The minimum absolute atomic E-state index is 0.245. The largest absolute Gasteiger partial charge is 0.478 e. The van der Waals surface area contributed by atoms with Crippen LogP contribution in [0.3, 0.4) is 0 Å². The molecule has 2 rings (SSSR count). The normalized spacial score (nSPS) is 10.6. The van der Waals surface area contributed by atoms with Crippen LogP contribution >= 0.6 is 0 Å². The maximum absolute atomic E-state index is 13.6. The van der Waals surface area contributed by atoms with Crippen LogP contribution in [-0.4, -0.2) is 11.1 Å². The first-order valence-corrected chi connectivity index (χ1v) is 6.38. The molecule has 2 aromatic rings. The quantitative estimate of drug-likeness (QED) is 0.868. The van der Waals surface area contributed by atoms with Crippen molar-refractivity contribution in [2.75, 3.05) is 5.32 Å². The molecule has 0 atom stereocenters. The molecule has 20 heavy (non-hydrogen) atoms. The van der Waals surface area contributed by atoms with Crippen LogP contribution in [0.1, 0.15) is 35.7 Å². The summed E-state index contributed by atoms with van der Waals surface area (Å²) in [6, 6.07) is 11.8. The highest BCUT2D eigenvalue weighted by Gasteiger charge is 2.15. The van der Waals surface area contributed by atoms with Crippen LogP contribution in [0.25, 0.3) is 0 Å². The molecule has 0 aliphatic rings. The molecule has 0 amide bonds. The minimum atomic E-state index is -1.29. The molecule has 2 N–H and O–H groups in total. The van der Waals surface area contributed by atoms with Gasteiger partial charge in [0.15, 0.2) is 0 Å². The average Bonchev–Trinajstić information content (AvgIpc) is 2.39. The fraction of sp³-hybridized carbons (Fsp3) is 0.188. The number of halogens is 1. The number of carboxylic acids is 1. The standard InChI is InChI=1S/C16H16FNO2/c1-10(2)11-6-8-12(9-7-11)18-14-5-3-4-13(17)15(14)16(19)20/h3-10,18H,1-2H3,(H,19,20). The zero-order valence-electron chi connectivity index (χ0n) is 11.4. The predicted molar refractivity (Wildman–Crippen MR) is 77.2 cm³/mol. The van der Waals surface area contributed by atoms with E-state index in [4.69, 9.17) is 5.11 Å². The Balaban J connectivity index is 2.30. The minimum Gasteiger partial charge on any atom is -0.478 e. The van der Waals surface area contributed by atoms with Crippen molar-refractivity contribution in [3.63, 3.8) is 0 Å². The van der Waals surface area contributed by atoms with Crippen LogP contribution in [0.5, 0.6) is 0 Å². The van der Waals surface area contributed by atoms with E-state index in [2.05, 4.69) is 19.2 Å². The molecule has 0 radical (unpaired) electrons. The number of rotatable bonds is 4. The monoisotopic (exact) mass is 273 g/mol. The fourth-order valence-electron chi connectivity index (χ4n) is 1.95. The van der Waals surface area contributed by atoms with Crippen LogP contribution in [-0.2, 0) is 0 Å². The number of hydrogen-bond donors (Lipinski definition) is 2. The van der Waals surface area contributed by atoms with E-state index in [0.29, 0.717) is 5.92 Å². The van der Waals surface area contributed by atoms with Crippen molar-refractivity contribution in [2.45, 2.75) is 19.8 Å². The Morgan fingerprint density at radius 1 is 1.15 bits per heavy atom. The molecule has 0 fully saturated rings. The van der Waals surface area contributed by atoms with Gasteiger partial charge in [0.1, 0.15) is 11.4 Å². The van der Waals surface area contributed by atoms with E-state index in [1.807, 2.05) is 24.3 Å². The molecular weight excluding hydrogens is 257 g/mol. The summed E-state index contributed by atoms with van der Waals surface area (Å²) in [6.07, 6.45) is 0. The zero-order chi connectivity index (χ0) is 14.7. The SMILES string of the molecule is CC(C)c1ccc(Nc2cccc(F)c2C(=O)O)cc1. The summed E-state index contributed by atoms with van der Waals surface area (Å²) in [5.41, 5.74) is 1.81. The fourth-order valence-corrected chi connectivity index (χ4v) is 1.95. The molecular formula is C16H16FNO2. The van der Waals surface area contributed by atoms with Gasteiger partial charge in [-0.15, -0.1) is 0 Å². The molecule has 0 aromatic heterocycles. The lowest BCUT2D eigenvalue weighted by molar-refractivity contribution is 0.0693. The number of anilines is 2. The molecule has 0 aliphatic carbocycles. The van der Waals surface area contributed by atoms with E-state index >= 15 is 0 Å². The molecule has 0 spiro atoms. The Morgan fingerprint density at radius 2 is 1.80 bits per heavy atom. The van der Waals surface area contributed by atoms with Gasteiger partial charge in [0, 0.05) is 5.69 Å². The first-order chi connectivity index (χ1) is 9.49. The maximum atomic E-state index is 13.6. The average molecular weight is 273 g/mol. The van der Waals surface area contributed by atoms with Gasteiger partial charge in [0.05, 0.1) is 5.69 Å². The molecule has 0 unspecified atom stereocenters. The summed E-state index contributed by atoms with van der Waals surface area (Å²) in [5, 5.41) is 12.0. The van der Waals surface area contributed by atoms with Gasteiger partial charge in [-0.3, -0.25) is 0 Å². The predicted octanol–water partition coefficient (Wildman–Crippen LogP) is 4.39. The second-order valence-electron chi connectivity index (χ2n) is 4.87. The van der Waals surface area contributed by atoms with E-state index < -0.39 is 11.8 Å². The van der Waals surface area contributed by atoms with E-state index in [-0.39, 0.29) is 11.3 Å². The van der Waals surface area contributed by atoms with Gasteiger partial charge in [-0.25, -0.2) is 9.18 Å². The van der Waals surface area contributed by atoms with Gasteiger partial charge in [0.2, 0.25) is 0 Å². The van der Waals surface area contributed by atoms with Crippen molar-refractivity contribution in [1.82, 2.24) is 0 Å². The molecule has 3 nitrogen and oxygen atoms in total. The van der Waals surface area contributed by atoms with E-state index in [0.717, 1.165) is 11.8 Å². The molecule has 4 heteroatoms. The number of carbonyl (C=O) groups is 1. The number of aromatic carboxylic acids is 1. The molecule has 0 saturated heterocycles. The summed E-state index contributed by atoms with van der Waals surface area (Å²) >= 11 is 0. The summed E-state index contributed by atoms with van der Waals surface area (Å²) in [7, 11) is 0. The van der Waals surface area contributed by atoms with Gasteiger partial charge < -0.3 is 10.4 Å². The molecule has 0 bridgehead atoms. The zero-order valence-corrected chi connectivity index (χ0v) is 11.4. The Hall–Kier alpha value is -2.36. The van der Waals surface area contributed by atoms with E-state index in [1.54, 1.807) is 6.07 Å². The number of nitrogens with one attached hydrogen (secondary N) is 1. The summed E-state index contributed by atoms with van der Waals surface area (Å²) in [6.45, 7) is 4.19. The Labute approximate surface area is 117 Å². The Morgan fingerprint density at radius 3 is 2.35 bits per heavy atom. The second kappa shape index (κ2) is 5.74. The maximum Gasteiger partial charge on any atom is 0.340 e. The summed E-state index contributed by atoms with van der Waals surface area (Å²) in [4.78, 5) is 11.1. The van der Waals surface area contributed by atoms with Gasteiger partial charge >= 0.3 is 5.97 Å². The molecule has 104 valence electrons. The number of carboxylic acid groups (broad SMARTS) is 1. The topological polar surface area (TPSA) is 49.3 Å². The van der Waals surface area contributed by atoms with Gasteiger partial charge in [-0.1, -0.05) is 32.0 Å². The van der Waals surface area contributed by atoms with E-state index in [1.165, 1.54) is 11.6 Å². The first-order valence-electron chi connectivity index (χ1n) is 6.38. The second-order valence-corrected chi connectivity index (χ2v) is 4.87. The van der Waals surface area contributed by atoms with Crippen LogP contribution in [0, 0.1) is 5.82 Å². The van der Waals surface area contributed by atoms with Crippen molar-refractivity contribution in [2.24, 2.45) is 0 Å². The summed E-state index contributed by atoms with van der Waals surface area (Å²) in [5.74, 6) is -1.61. The van der Waals surface area contributed by atoms with Crippen LogP contribution in [0.2, 0.25) is 0 Å². The van der Waals surface area contributed by atoms with Crippen molar-refractivity contribution >= 4 is 17.3 Å².